The van der Waals surface area contributed by atoms with Crippen molar-refractivity contribution < 1.29 is 0 Å². The number of benzene rings is 1. The first kappa shape index (κ1) is 16.6. The van der Waals surface area contributed by atoms with Crippen molar-refractivity contribution in [3.05, 3.63) is 46.5 Å². The topological polar surface area (TPSA) is 12.0 Å². The highest BCUT2D eigenvalue weighted by Gasteiger charge is 2.24. The van der Waals surface area contributed by atoms with Gasteiger partial charge in [-0.15, -0.1) is 6.58 Å². The minimum absolute atomic E-state index is 0.0370. The van der Waals surface area contributed by atoms with Crippen molar-refractivity contribution in [2.45, 2.75) is 39.7 Å². The molecular weight excluding hydrogens is 277 g/mol. The lowest BCUT2D eigenvalue weighted by Crippen LogP contribution is -2.43. The zero-order valence-corrected chi connectivity index (χ0v) is 13.7. The van der Waals surface area contributed by atoms with E-state index in [1.165, 1.54) is 0 Å². The van der Waals surface area contributed by atoms with Gasteiger partial charge >= 0.3 is 0 Å². The summed E-state index contributed by atoms with van der Waals surface area (Å²) in [5, 5.41) is 4.91. The Labute approximate surface area is 127 Å². The molecule has 0 saturated heterocycles. The molecular formula is C16H23Cl2N. The lowest BCUT2D eigenvalue weighted by molar-refractivity contribution is 0.322. The summed E-state index contributed by atoms with van der Waals surface area (Å²) in [6, 6.07) is 5.66. The van der Waals surface area contributed by atoms with Gasteiger partial charge in [-0.25, -0.2) is 0 Å². The van der Waals surface area contributed by atoms with Crippen molar-refractivity contribution in [3.63, 3.8) is 0 Å². The van der Waals surface area contributed by atoms with Crippen LogP contribution in [-0.2, 0) is 6.42 Å². The van der Waals surface area contributed by atoms with Crippen molar-refractivity contribution in [1.29, 1.82) is 0 Å². The zero-order valence-electron chi connectivity index (χ0n) is 12.2. The van der Waals surface area contributed by atoms with Crippen LogP contribution in [0.1, 0.15) is 33.3 Å². The van der Waals surface area contributed by atoms with Gasteiger partial charge in [-0.2, -0.15) is 0 Å². The van der Waals surface area contributed by atoms with E-state index in [9.17, 15) is 0 Å². The highest BCUT2D eigenvalue weighted by Crippen LogP contribution is 2.29. The van der Waals surface area contributed by atoms with E-state index in [2.05, 4.69) is 39.6 Å². The number of hydrogen-bond donors (Lipinski definition) is 1. The average Bonchev–Trinajstić information content (AvgIpc) is 2.30. The Hall–Kier alpha value is -0.500. The number of nitrogens with one attached hydrogen (secondary N) is 1. The molecule has 0 saturated carbocycles. The van der Waals surface area contributed by atoms with Gasteiger partial charge in [-0.1, -0.05) is 42.3 Å². The Morgan fingerprint density at radius 2 is 1.84 bits per heavy atom. The molecule has 1 N–H and O–H groups in total. The van der Waals surface area contributed by atoms with Gasteiger partial charge in [0.05, 0.1) is 0 Å². The lowest BCUT2D eigenvalue weighted by atomic mass is 9.83. The fraction of sp³-hybridized carbons (Fsp3) is 0.500. The van der Waals surface area contributed by atoms with Crippen LogP contribution >= 0.6 is 23.2 Å². The summed E-state index contributed by atoms with van der Waals surface area (Å²) in [6.07, 6.45) is 2.84. The minimum Gasteiger partial charge on any atom is -0.311 e. The first-order valence-corrected chi connectivity index (χ1v) is 7.23. The predicted octanol–water partition coefficient (Wildman–Crippen LogP) is 5.12. The van der Waals surface area contributed by atoms with Crippen molar-refractivity contribution in [1.82, 2.24) is 5.32 Å². The standard InChI is InChI=1S/C16H23Cl2N/c1-6-16(5,11-19-15(2,3)4)10-12-7-8-13(17)9-14(12)18/h6-9,19H,1,10-11H2,2-5H3. The molecule has 106 valence electrons. The van der Waals surface area contributed by atoms with Crippen molar-refractivity contribution in [2.24, 2.45) is 5.41 Å². The third kappa shape index (κ3) is 5.56. The normalized spacial score (nSPS) is 15.1. The van der Waals surface area contributed by atoms with Crippen LogP contribution in [0.25, 0.3) is 0 Å². The molecule has 0 fully saturated rings. The first-order valence-electron chi connectivity index (χ1n) is 6.48. The molecule has 0 amide bonds. The Morgan fingerprint density at radius 1 is 1.21 bits per heavy atom. The van der Waals surface area contributed by atoms with Gasteiger partial charge < -0.3 is 5.32 Å². The maximum atomic E-state index is 6.24. The molecule has 19 heavy (non-hydrogen) atoms. The second-order valence-electron chi connectivity index (χ2n) is 6.37. The van der Waals surface area contributed by atoms with Crippen molar-refractivity contribution >= 4 is 23.2 Å². The fourth-order valence-electron chi connectivity index (χ4n) is 1.77. The molecule has 1 aromatic rings. The molecule has 1 aromatic carbocycles. The molecule has 0 aliphatic rings. The van der Waals surface area contributed by atoms with Crippen LogP contribution < -0.4 is 5.32 Å². The second kappa shape index (κ2) is 6.30. The summed E-state index contributed by atoms with van der Waals surface area (Å²) in [4.78, 5) is 0. The Kier molecular flexibility index (Phi) is 5.49. The quantitative estimate of drug-likeness (QED) is 0.744. The van der Waals surface area contributed by atoms with E-state index in [1.54, 1.807) is 6.07 Å². The molecule has 0 aromatic heterocycles. The Balaban J connectivity index is 2.82. The smallest absolute Gasteiger partial charge is 0.0453 e. The van der Waals surface area contributed by atoms with Crippen LogP contribution in [0.4, 0.5) is 0 Å². The highest BCUT2D eigenvalue weighted by molar-refractivity contribution is 6.35. The van der Waals surface area contributed by atoms with Gasteiger partial charge in [0, 0.05) is 27.5 Å². The van der Waals surface area contributed by atoms with Crippen LogP contribution in [0.5, 0.6) is 0 Å². The summed E-state index contributed by atoms with van der Waals surface area (Å²) >= 11 is 12.2. The Bertz CT molecular complexity index is 449. The molecule has 3 heteroatoms. The number of halogens is 2. The van der Waals surface area contributed by atoms with Gasteiger partial charge in [0.15, 0.2) is 0 Å². The maximum absolute atomic E-state index is 6.24. The zero-order chi connectivity index (χ0) is 14.7. The van der Waals surface area contributed by atoms with Crippen molar-refractivity contribution in [2.75, 3.05) is 6.54 Å². The molecule has 0 heterocycles. The molecule has 0 aliphatic carbocycles. The molecule has 1 atom stereocenters. The monoisotopic (exact) mass is 299 g/mol. The highest BCUT2D eigenvalue weighted by atomic mass is 35.5. The summed E-state index contributed by atoms with van der Waals surface area (Å²) in [5.74, 6) is 0. The van der Waals surface area contributed by atoms with Crippen LogP contribution in [0.15, 0.2) is 30.9 Å². The average molecular weight is 300 g/mol. The van der Waals surface area contributed by atoms with Crippen LogP contribution in [0, 0.1) is 5.41 Å². The van der Waals surface area contributed by atoms with Crippen LogP contribution in [0.3, 0.4) is 0 Å². The molecule has 1 rings (SSSR count). The van der Waals surface area contributed by atoms with Gasteiger partial charge in [-0.3, -0.25) is 0 Å². The van der Waals surface area contributed by atoms with Crippen LogP contribution in [-0.4, -0.2) is 12.1 Å². The summed E-state index contributed by atoms with van der Waals surface area (Å²) in [6.45, 7) is 13.5. The third-order valence-electron chi connectivity index (χ3n) is 3.12. The summed E-state index contributed by atoms with van der Waals surface area (Å²) in [5.41, 5.74) is 1.16. The molecule has 0 radical (unpaired) electrons. The molecule has 1 nitrogen and oxygen atoms in total. The Morgan fingerprint density at radius 3 is 2.32 bits per heavy atom. The van der Waals surface area contributed by atoms with E-state index in [0.29, 0.717) is 5.02 Å². The summed E-state index contributed by atoms with van der Waals surface area (Å²) < 4.78 is 0. The van der Waals surface area contributed by atoms with E-state index in [-0.39, 0.29) is 11.0 Å². The van der Waals surface area contributed by atoms with E-state index in [0.717, 1.165) is 23.6 Å². The third-order valence-corrected chi connectivity index (χ3v) is 3.71. The van der Waals surface area contributed by atoms with E-state index in [1.807, 2.05) is 18.2 Å². The molecule has 0 spiro atoms. The largest absolute Gasteiger partial charge is 0.311 e. The van der Waals surface area contributed by atoms with Gasteiger partial charge in [0.25, 0.3) is 0 Å². The number of rotatable bonds is 5. The van der Waals surface area contributed by atoms with Crippen LogP contribution in [0.2, 0.25) is 10.0 Å². The molecule has 0 bridgehead atoms. The lowest BCUT2D eigenvalue weighted by Gasteiger charge is -2.31. The maximum Gasteiger partial charge on any atom is 0.0453 e. The van der Waals surface area contributed by atoms with E-state index < -0.39 is 0 Å². The molecule has 0 aliphatic heterocycles. The minimum atomic E-state index is -0.0370. The van der Waals surface area contributed by atoms with Gasteiger partial charge in [0.2, 0.25) is 0 Å². The number of hydrogen-bond acceptors (Lipinski definition) is 1. The first-order chi connectivity index (χ1) is 8.65. The second-order valence-corrected chi connectivity index (χ2v) is 7.22. The fourth-order valence-corrected chi connectivity index (χ4v) is 2.25. The SMILES string of the molecule is C=CC(C)(CNC(C)(C)C)Cc1ccc(Cl)cc1Cl. The van der Waals surface area contributed by atoms with Crippen molar-refractivity contribution in [3.8, 4) is 0 Å². The van der Waals surface area contributed by atoms with E-state index >= 15 is 0 Å². The summed E-state index contributed by atoms with van der Waals surface area (Å²) in [7, 11) is 0. The van der Waals surface area contributed by atoms with E-state index in [4.69, 9.17) is 23.2 Å². The van der Waals surface area contributed by atoms with Gasteiger partial charge in [0.1, 0.15) is 0 Å². The predicted molar refractivity (Wildman–Crippen MR) is 86.2 cm³/mol. The van der Waals surface area contributed by atoms with Gasteiger partial charge in [-0.05, 0) is 44.9 Å². The molecule has 1 unspecified atom stereocenters.